The maximum atomic E-state index is 4.78. The molecule has 0 saturated carbocycles. The lowest BCUT2D eigenvalue weighted by Crippen LogP contribution is -2.36. The molecule has 0 radical (unpaired) electrons. The highest BCUT2D eigenvalue weighted by atomic mass is 15.4. The molecule has 0 aliphatic carbocycles. The van der Waals surface area contributed by atoms with Gasteiger partial charge in [0.2, 0.25) is 17.8 Å². The van der Waals surface area contributed by atoms with E-state index < -0.39 is 0 Å². The number of hydrogen-bond acceptors (Lipinski definition) is 6. The maximum Gasteiger partial charge on any atom is 0.231 e. The molecular weight excluding hydrogens is 288 g/mol. The summed E-state index contributed by atoms with van der Waals surface area (Å²) in [5, 5.41) is 0. The summed E-state index contributed by atoms with van der Waals surface area (Å²) in [5.41, 5.74) is 0. The molecule has 23 heavy (non-hydrogen) atoms. The van der Waals surface area contributed by atoms with E-state index in [9.17, 15) is 0 Å². The average molecular weight is 320 g/mol. The number of hydrogen-bond donors (Lipinski definition) is 0. The number of rotatable bonds is 7. The van der Waals surface area contributed by atoms with E-state index in [0.717, 1.165) is 63.0 Å². The van der Waals surface area contributed by atoms with E-state index in [1.165, 1.54) is 12.8 Å². The Morgan fingerprint density at radius 3 is 1.65 bits per heavy atom. The lowest BCUT2D eigenvalue weighted by molar-refractivity contribution is 0.434. The number of aromatic nitrogens is 3. The molecule has 0 N–H and O–H groups in total. The molecule has 0 aromatic carbocycles. The van der Waals surface area contributed by atoms with Gasteiger partial charge in [0.15, 0.2) is 0 Å². The maximum absolute atomic E-state index is 4.78. The van der Waals surface area contributed by atoms with Gasteiger partial charge in [-0.3, -0.25) is 0 Å². The second-order valence-corrected chi connectivity index (χ2v) is 6.25. The first-order chi connectivity index (χ1) is 11.1. The van der Waals surface area contributed by atoms with Crippen molar-refractivity contribution in [2.75, 3.05) is 54.0 Å². The van der Waals surface area contributed by atoms with Gasteiger partial charge in [-0.05, 0) is 46.5 Å². The Hall–Kier alpha value is -1.59. The predicted molar refractivity (Wildman–Crippen MR) is 97.6 cm³/mol. The molecule has 2 rings (SSSR count). The molecule has 1 aliphatic rings. The SMILES string of the molecule is CCN(CC)c1nc(N(CC)CC)nc(N2CCC(C)CC2)n1. The molecule has 6 nitrogen and oxygen atoms in total. The van der Waals surface area contributed by atoms with Gasteiger partial charge in [-0.25, -0.2) is 0 Å². The minimum absolute atomic E-state index is 0.803. The van der Waals surface area contributed by atoms with Crippen molar-refractivity contribution in [3.63, 3.8) is 0 Å². The molecule has 0 spiro atoms. The molecule has 0 bridgehead atoms. The fraction of sp³-hybridized carbons (Fsp3) is 0.824. The van der Waals surface area contributed by atoms with Crippen LogP contribution in [-0.4, -0.2) is 54.2 Å². The highest BCUT2D eigenvalue weighted by Gasteiger charge is 2.21. The predicted octanol–water partition coefficient (Wildman–Crippen LogP) is 2.80. The fourth-order valence-electron chi connectivity index (χ4n) is 2.99. The van der Waals surface area contributed by atoms with Crippen molar-refractivity contribution in [3.05, 3.63) is 0 Å². The van der Waals surface area contributed by atoms with Crippen LogP contribution in [-0.2, 0) is 0 Å². The van der Waals surface area contributed by atoms with E-state index in [2.05, 4.69) is 49.3 Å². The van der Waals surface area contributed by atoms with Crippen LogP contribution in [0.5, 0.6) is 0 Å². The van der Waals surface area contributed by atoms with E-state index >= 15 is 0 Å². The summed E-state index contributed by atoms with van der Waals surface area (Å²) in [4.78, 5) is 21.0. The monoisotopic (exact) mass is 320 g/mol. The van der Waals surface area contributed by atoms with Gasteiger partial charge in [-0.1, -0.05) is 6.92 Å². The Labute approximate surface area is 140 Å². The molecule has 1 aliphatic heterocycles. The van der Waals surface area contributed by atoms with Gasteiger partial charge in [0.05, 0.1) is 0 Å². The quantitative estimate of drug-likeness (QED) is 0.770. The topological polar surface area (TPSA) is 48.4 Å². The normalized spacial score (nSPS) is 15.8. The van der Waals surface area contributed by atoms with Gasteiger partial charge < -0.3 is 14.7 Å². The van der Waals surface area contributed by atoms with Crippen LogP contribution < -0.4 is 14.7 Å². The fourth-order valence-corrected chi connectivity index (χ4v) is 2.99. The molecule has 0 unspecified atom stereocenters. The van der Waals surface area contributed by atoms with Crippen molar-refractivity contribution in [1.82, 2.24) is 15.0 Å². The summed E-state index contributed by atoms with van der Waals surface area (Å²) in [5.74, 6) is 3.26. The van der Waals surface area contributed by atoms with E-state index in [-0.39, 0.29) is 0 Å². The molecule has 1 aromatic heterocycles. The molecule has 1 saturated heterocycles. The minimum Gasteiger partial charge on any atom is -0.341 e. The average Bonchev–Trinajstić information content (AvgIpc) is 2.57. The Balaban J connectivity index is 2.35. The Morgan fingerprint density at radius 2 is 1.26 bits per heavy atom. The molecule has 6 heteroatoms. The van der Waals surface area contributed by atoms with Gasteiger partial charge in [0, 0.05) is 39.3 Å². The van der Waals surface area contributed by atoms with Crippen molar-refractivity contribution < 1.29 is 0 Å². The highest BCUT2D eigenvalue weighted by molar-refractivity contribution is 5.46. The van der Waals surface area contributed by atoms with Gasteiger partial charge in [0.25, 0.3) is 0 Å². The Morgan fingerprint density at radius 1 is 0.826 bits per heavy atom. The second-order valence-electron chi connectivity index (χ2n) is 6.25. The first-order valence-electron chi connectivity index (χ1n) is 9.13. The van der Waals surface area contributed by atoms with Crippen LogP contribution in [0.3, 0.4) is 0 Å². The summed E-state index contributed by atoms with van der Waals surface area (Å²) in [6, 6.07) is 0. The van der Waals surface area contributed by atoms with Crippen LogP contribution in [0.15, 0.2) is 0 Å². The molecule has 2 heterocycles. The Bertz CT molecular complexity index is 446. The summed E-state index contributed by atoms with van der Waals surface area (Å²) in [7, 11) is 0. The molecule has 0 amide bonds. The second kappa shape index (κ2) is 8.31. The molecule has 0 atom stereocenters. The summed E-state index contributed by atoms with van der Waals surface area (Å²) >= 11 is 0. The van der Waals surface area contributed by atoms with Crippen molar-refractivity contribution >= 4 is 17.8 Å². The van der Waals surface area contributed by atoms with Crippen LogP contribution in [0.2, 0.25) is 0 Å². The molecule has 1 aromatic rings. The third-order valence-corrected chi connectivity index (χ3v) is 4.76. The first-order valence-corrected chi connectivity index (χ1v) is 9.13. The third kappa shape index (κ3) is 4.24. The molecular formula is C17H32N6. The van der Waals surface area contributed by atoms with Crippen LogP contribution >= 0.6 is 0 Å². The van der Waals surface area contributed by atoms with Gasteiger partial charge in [-0.2, -0.15) is 15.0 Å². The van der Waals surface area contributed by atoms with Crippen LogP contribution in [0.25, 0.3) is 0 Å². The summed E-state index contributed by atoms with van der Waals surface area (Å²) in [6.07, 6.45) is 2.43. The molecule has 130 valence electrons. The largest absolute Gasteiger partial charge is 0.341 e. The zero-order valence-corrected chi connectivity index (χ0v) is 15.4. The van der Waals surface area contributed by atoms with E-state index in [1.54, 1.807) is 0 Å². The third-order valence-electron chi connectivity index (χ3n) is 4.76. The van der Waals surface area contributed by atoms with Gasteiger partial charge in [-0.15, -0.1) is 0 Å². The Kier molecular flexibility index (Phi) is 6.42. The van der Waals surface area contributed by atoms with Crippen molar-refractivity contribution in [2.24, 2.45) is 5.92 Å². The van der Waals surface area contributed by atoms with Gasteiger partial charge in [0.1, 0.15) is 0 Å². The van der Waals surface area contributed by atoms with E-state index in [1.807, 2.05) is 0 Å². The van der Waals surface area contributed by atoms with Crippen LogP contribution in [0.1, 0.15) is 47.5 Å². The van der Waals surface area contributed by atoms with Crippen LogP contribution in [0.4, 0.5) is 17.8 Å². The zero-order chi connectivity index (χ0) is 16.8. The summed E-state index contributed by atoms with van der Waals surface area (Å²) in [6.45, 7) is 16.6. The highest BCUT2D eigenvalue weighted by Crippen LogP contribution is 2.23. The minimum atomic E-state index is 0.803. The molecule has 1 fully saturated rings. The lowest BCUT2D eigenvalue weighted by Gasteiger charge is -2.32. The summed E-state index contributed by atoms with van der Waals surface area (Å²) < 4.78 is 0. The van der Waals surface area contributed by atoms with Crippen molar-refractivity contribution in [2.45, 2.75) is 47.5 Å². The van der Waals surface area contributed by atoms with Crippen LogP contribution in [0, 0.1) is 5.92 Å². The van der Waals surface area contributed by atoms with E-state index in [4.69, 9.17) is 15.0 Å². The van der Waals surface area contributed by atoms with Crippen molar-refractivity contribution in [3.8, 4) is 0 Å². The van der Waals surface area contributed by atoms with Crippen molar-refractivity contribution in [1.29, 1.82) is 0 Å². The van der Waals surface area contributed by atoms with E-state index in [0.29, 0.717) is 0 Å². The zero-order valence-electron chi connectivity index (χ0n) is 15.4. The first kappa shape index (κ1) is 17.8. The lowest BCUT2D eigenvalue weighted by atomic mass is 10.00. The standard InChI is InChI=1S/C17H32N6/c1-6-21(7-2)15-18-16(22(8-3)9-4)20-17(19-15)23-12-10-14(5)11-13-23/h14H,6-13H2,1-5H3. The number of piperidine rings is 1. The number of anilines is 3. The van der Waals surface area contributed by atoms with Gasteiger partial charge >= 0.3 is 0 Å². The number of nitrogens with zero attached hydrogens (tertiary/aromatic N) is 6. The smallest absolute Gasteiger partial charge is 0.231 e.